The third kappa shape index (κ3) is 3.91. The summed E-state index contributed by atoms with van der Waals surface area (Å²) in [5.74, 6) is -2.09. The number of anilines is 1. The van der Waals surface area contributed by atoms with Gasteiger partial charge in [0.05, 0.1) is 28.2 Å². The number of carbonyl (C=O) groups excluding carboxylic acids is 1. The summed E-state index contributed by atoms with van der Waals surface area (Å²) in [7, 11) is 1.64. The van der Waals surface area contributed by atoms with E-state index in [0.29, 0.717) is 22.5 Å². The number of hydrogen-bond donors (Lipinski definition) is 1. The van der Waals surface area contributed by atoms with E-state index in [4.69, 9.17) is 0 Å². The normalized spacial score (nSPS) is 11.7. The Labute approximate surface area is 178 Å². The number of aryl methyl sites for hydroxylation is 1. The molecule has 2 aromatic carbocycles. The standard InChI is InChI=1S/C24H22F2N4O/c1-24(2,3)20-13-19(30(4)29-20)21-16(25)9-10-17(22(21)26)28-23(31)15-8-7-14-6-5-11-27-18(14)12-15/h5-13H,1-4H3,(H,28,31). The van der Waals surface area contributed by atoms with Crippen LogP contribution in [0, 0.1) is 11.6 Å². The molecular weight excluding hydrogens is 398 g/mol. The lowest BCUT2D eigenvalue weighted by Crippen LogP contribution is -2.14. The molecule has 0 fully saturated rings. The van der Waals surface area contributed by atoms with Gasteiger partial charge in [0, 0.05) is 29.6 Å². The van der Waals surface area contributed by atoms with Gasteiger partial charge in [0.1, 0.15) is 5.82 Å². The van der Waals surface area contributed by atoms with Crippen LogP contribution in [0.4, 0.5) is 14.5 Å². The molecule has 2 heterocycles. The fourth-order valence-electron chi connectivity index (χ4n) is 3.35. The highest BCUT2D eigenvalue weighted by Gasteiger charge is 2.24. The van der Waals surface area contributed by atoms with Crippen LogP contribution in [0.25, 0.3) is 22.2 Å². The van der Waals surface area contributed by atoms with Crippen LogP contribution in [0.5, 0.6) is 0 Å². The molecule has 0 atom stereocenters. The third-order valence-corrected chi connectivity index (χ3v) is 5.11. The van der Waals surface area contributed by atoms with Gasteiger partial charge in [-0.2, -0.15) is 5.10 Å². The van der Waals surface area contributed by atoms with Gasteiger partial charge >= 0.3 is 0 Å². The van der Waals surface area contributed by atoms with E-state index in [0.717, 1.165) is 11.5 Å². The molecule has 1 N–H and O–H groups in total. The predicted octanol–water partition coefficient (Wildman–Crippen LogP) is 5.46. The number of amides is 1. The molecule has 5 nitrogen and oxygen atoms in total. The van der Waals surface area contributed by atoms with Crippen LogP contribution < -0.4 is 5.32 Å². The quantitative estimate of drug-likeness (QED) is 0.479. The van der Waals surface area contributed by atoms with Gasteiger partial charge in [-0.05, 0) is 36.4 Å². The number of pyridine rings is 1. The zero-order chi connectivity index (χ0) is 22.3. The lowest BCUT2D eigenvalue weighted by Gasteiger charge is -2.13. The summed E-state index contributed by atoms with van der Waals surface area (Å²) in [6, 6.07) is 12.8. The molecule has 0 aliphatic carbocycles. The molecule has 0 saturated heterocycles. The molecular formula is C24H22F2N4O. The summed E-state index contributed by atoms with van der Waals surface area (Å²) in [4.78, 5) is 17.0. The van der Waals surface area contributed by atoms with Gasteiger partial charge in [-0.15, -0.1) is 0 Å². The molecule has 4 rings (SSSR count). The highest BCUT2D eigenvalue weighted by molar-refractivity contribution is 6.06. The molecule has 4 aromatic rings. The maximum Gasteiger partial charge on any atom is 0.255 e. The van der Waals surface area contributed by atoms with Gasteiger partial charge in [0.15, 0.2) is 5.82 Å². The van der Waals surface area contributed by atoms with Crippen LogP contribution in [-0.4, -0.2) is 20.7 Å². The topological polar surface area (TPSA) is 59.8 Å². The molecule has 0 unspecified atom stereocenters. The number of halogens is 2. The SMILES string of the molecule is Cn1nc(C(C)(C)C)cc1-c1c(F)ccc(NC(=O)c2ccc3cccnc3c2)c1F. The second kappa shape index (κ2) is 7.58. The molecule has 7 heteroatoms. The van der Waals surface area contributed by atoms with Crippen LogP contribution in [0.2, 0.25) is 0 Å². The van der Waals surface area contributed by atoms with Crippen LogP contribution in [0.3, 0.4) is 0 Å². The number of benzene rings is 2. The fourth-order valence-corrected chi connectivity index (χ4v) is 3.35. The predicted molar refractivity (Wildman–Crippen MR) is 117 cm³/mol. The van der Waals surface area contributed by atoms with Gasteiger partial charge in [-0.25, -0.2) is 8.78 Å². The van der Waals surface area contributed by atoms with Crippen molar-refractivity contribution in [3.63, 3.8) is 0 Å². The van der Waals surface area contributed by atoms with Crippen molar-refractivity contribution in [2.45, 2.75) is 26.2 Å². The second-order valence-corrected chi connectivity index (χ2v) is 8.44. The molecule has 1 amide bonds. The monoisotopic (exact) mass is 420 g/mol. The number of hydrogen-bond acceptors (Lipinski definition) is 3. The Morgan fingerprint density at radius 3 is 2.55 bits per heavy atom. The zero-order valence-corrected chi connectivity index (χ0v) is 17.7. The summed E-state index contributed by atoms with van der Waals surface area (Å²) in [6.45, 7) is 5.92. The summed E-state index contributed by atoms with van der Waals surface area (Å²) >= 11 is 0. The van der Waals surface area contributed by atoms with E-state index in [2.05, 4.69) is 15.4 Å². The first-order chi connectivity index (χ1) is 14.6. The van der Waals surface area contributed by atoms with E-state index in [1.54, 1.807) is 43.6 Å². The van der Waals surface area contributed by atoms with Crippen molar-refractivity contribution >= 4 is 22.5 Å². The fraction of sp³-hybridized carbons (Fsp3) is 0.208. The molecule has 0 aliphatic heterocycles. The summed E-state index contributed by atoms with van der Waals surface area (Å²) in [6.07, 6.45) is 1.63. The average molecular weight is 420 g/mol. The number of nitrogens with zero attached hydrogens (tertiary/aromatic N) is 3. The molecule has 0 radical (unpaired) electrons. The van der Waals surface area contributed by atoms with E-state index in [1.165, 1.54) is 10.7 Å². The maximum absolute atomic E-state index is 15.3. The molecule has 0 spiro atoms. The van der Waals surface area contributed by atoms with E-state index in [9.17, 15) is 9.18 Å². The first kappa shape index (κ1) is 20.7. The van der Waals surface area contributed by atoms with Crippen LogP contribution in [0.15, 0.2) is 54.7 Å². The van der Waals surface area contributed by atoms with Crippen molar-refractivity contribution in [3.8, 4) is 11.3 Å². The van der Waals surface area contributed by atoms with Crippen LogP contribution >= 0.6 is 0 Å². The van der Waals surface area contributed by atoms with Gasteiger partial charge < -0.3 is 5.32 Å². The smallest absolute Gasteiger partial charge is 0.255 e. The van der Waals surface area contributed by atoms with Gasteiger partial charge in [-0.1, -0.05) is 32.9 Å². The number of carbonyl (C=O) groups is 1. The molecule has 31 heavy (non-hydrogen) atoms. The van der Waals surface area contributed by atoms with E-state index >= 15 is 4.39 Å². The highest BCUT2D eigenvalue weighted by atomic mass is 19.1. The molecule has 0 bridgehead atoms. The zero-order valence-electron chi connectivity index (χ0n) is 17.7. The van der Waals surface area contributed by atoms with E-state index in [1.807, 2.05) is 26.8 Å². The number of aromatic nitrogens is 3. The molecule has 2 aromatic heterocycles. The minimum Gasteiger partial charge on any atom is -0.319 e. The van der Waals surface area contributed by atoms with Crippen LogP contribution in [0.1, 0.15) is 36.8 Å². The van der Waals surface area contributed by atoms with Crippen molar-refractivity contribution < 1.29 is 13.6 Å². The third-order valence-electron chi connectivity index (χ3n) is 5.11. The van der Waals surface area contributed by atoms with Crippen LogP contribution in [-0.2, 0) is 12.5 Å². The second-order valence-electron chi connectivity index (χ2n) is 8.44. The largest absolute Gasteiger partial charge is 0.319 e. The Morgan fingerprint density at radius 1 is 1.06 bits per heavy atom. The minimum atomic E-state index is -0.851. The first-order valence-electron chi connectivity index (χ1n) is 9.84. The molecule has 158 valence electrons. The lowest BCUT2D eigenvalue weighted by atomic mass is 9.92. The van der Waals surface area contributed by atoms with E-state index < -0.39 is 17.5 Å². The lowest BCUT2D eigenvalue weighted by molar-refractivity contribution is 0.102. The number of fused-ring (bicyclic) bond motifs is 1. The highest BCUT2D eigenvalue weighted by Crippen LogP contribution is 2.33. The Kier molecular flexibility index (Phi) is 5.05. The van der Waals surface area contributed by atoms with Crippen molar-refractivity contribution in [3.05, 3.63) is 77.6 Å². The Balaban J connectivity index is 1.70. The molecule has 0 aliphatic rings. The van der Waals surface area contributed by atoms with Crippen molar-refractivity contribution in [2.24, 2.45) is 7.05 Å². The van der Waals surface area contributed by atoms with Crippen molar-refractivity contribution in [1.82, 2.24) is 14.8 Å². The van der Waals surface area contributed by atoms with E-state index in [-0.39, 0.29) is 16.7 Å². The van der Waals surface area contributed by atoms with Gasteiger partial charge in [-0.3, -0.25) is 14.5 Å². The van der Waals surface area contributed by atoms with Crippen molar-refractivity contribution in [2.75, 3.05) is 5.32 Å². The van der Waals surface area contributed by atoms with Gasteiger partial charge in [0.25, 0.3) is 5.91 Å². The summed E-state index contributed by atoms with van der Waals surface area (Å²) < 4.78 is 31.4. The average Bonchev–Trinajstić information content (AvgIpc) is 3.11. The number of nitrogens with one attached hydrogen (secondary N) is 1. The van der Waals surface area contributed by atoms with Crippen molar-refractivity contribution in [1.29, 1.82) is 0 Å². The number of rotatable bonds is 3. The Morgan fingerprint density at radius 2 is 1.84 bits per heavy atom. The Hall–Kier alpha value is -3.61. The Bertz CT molecular complexity index is 1300. The summed E-state index contributed by atoms with van der Waals surface area (Å²) in [5, 5.41) is 7.83. The summed E-state index contributed by atoms with van der Waals surface area (Å²) in [5.41, 5.74) is 1.36. The first-order valence-corrected chi connectivity index (χ1v) is 9.84. The minimum absolute atomic E-state index is 0.110. The molecule has 0 saturated carbocycles. The van der Waals surface area contributed by atoms with Gasteiger partial charge in [0.2, 0.25) is 0 Å². The maximum atomic E-state index is 15.3.